The lowest BCUT2D eigenvalue weighted by atomic mass is 9.76. The van der Waals surface area contributed by atoms with Crippen LogP contribution >= 0.6 is 0 Å². The first-order valence-corrected chi connectivity index (χ1v) is 6.24. The van der Waals surface area contributed by atoms with Gasteiger partial charge in [0.2, 0.25) is 0 Å². The van der Waals surface area contributed by atoms with Crippen LogP contribution in [0.1, 0.15) is 19.3 Å². The molecule has 0 aliphatic carbocycles. The molecule has 1 unspecified atom stereocenters. The van der Waals surface area contributed by atoms with E-state index < -0.39 is 0 Å². The SMILES string of the molecule is C1CC(CN2CCC3(CC2)COC3)CO1. The minimum absolute atomic E-state index is 0.586. The Morgan fingerprint density at radius 3 is 2.47 bits per heavy atom. The molecule has 3 rings (SSSR count). The third-order valence-corrected chi connectivity index (χ3v) is 4.27. The number of likely N-dealkylation sites (tertiary alicyclic amines) is 1. The number of hydrogen-bond donors (Lipinski definition) is 0. The molecule has 0 aromatic carbocycles. The van der Waals surface area contributed by atoms with Crippen molar-refractivity contribution in [2.75, 3.05) is 46.1 Å². The molecular formula is C12H21NO2. The van der Waals surface area contributed by atoms with Gasteiger partial charge in [-0.15, -0.1) is 0 Å². The van der Waals surface area contributed by atoms with Crippen molar-refractivity contribution in [3.63, 3.8) is 0 Å². The summed E-state index contributed by atoms with van der Waals surface area (Å²) >= 11 is 0. The van der Waals surface area contributed by atoms with Crippen molar-refractivity contribution in [2.45, 2.75) is 19.3 Å². The van der Waals surface area contributed by atoms with Crippen molar-refractivity contribution in [3.8, 4) is 0 Å². The first-order chi connectivity index (χ1) is 7.36. The fourth-order valence-corrected chi connectivity index (χ4v) is 2.98. The van der Waals surface area contributed by atoms with Crippen LogP contribution in [0, 0.1) is 11.3 Å². The van der Waals surface area contributed by atoms with Gasteiger partial charge in [0.15, 0.2) is 0 Å². The molecule has 3 fully saturated rings. The van der Waals surface area contributed by atoms with Crippen LogP contribution in [-0.4, -0.2) is 51.0 Å². The van der Waals surface area contributed by atoms with Gasteiger partial charge in [-0.3, -0.25) is 0 Å². The van der Waals surface area contributed by atoms with Crippen molar-refractivity contribution in [2.24, 2.45) is 11.3 Å². The molecule has 0 amide bonds. The van der Waals surface area contributed by atoms with Crippen LogP contribution in [0.25, 0.3) is 0 Å². The number of nitrogens with zero attached hydrogens (tertiary/aromatic N) is 1. The Hall–Kier alpha value is -0.120. The Balaban J connectivity index is 1.45. The zero-order valence-corrected chi connectivity index (χ0v) is 9.41. The molecule has 0 aromatic heterocycles. The van der Waals surface area contributed by atoms with Gasteiger partial charge < -0.3 is 14.4 Å². The first-order valence-electron chi connectivity index (χ1n) is 6.24. The molecule has 0 radical (unpaired) electrons. The second kappa shape index (κ2) is 4.04. The largest absolute Gasteiger partial charge is 0.381 e. The van der Waals surface area contributed by atoms with Gasteiger partial charge in [-0.2, -0.15) is 0 Å². The van der Waals surface area contributed by atoms with Gasteiger partial charge in [-0.05, 0) is 38.3 Å². The fourth-order valence-electron chi connectivity index (χ4n) is 2.98. The number of rotatable bonds is 2. The Labute approximate surface area is 91.7 Å². The van der Waals surface area contributed by atoms with Crippen molar-refractivity contribution in [1.29, 1.82) is 0 Å². The van der Waals surface area contributed by atoms with Crippen LogP contribution in [0.15, 0.2) is 0 Å². The average Bonchev–Trinajstić information content (AvgIpc) is 2.69. The highest BCUT2D eigenvalue weighted by Crippen LogP contribution is 2.38. The van der Waals surface area contributed by atoms with E-state index in [0.29, 0.717) is 5.41 Å². The van der Waals surface area contributed by atoms with Gasteiger partial charge in [0.1, 0.15) is 0 Å². The molecule has 0 N–H and O–H groups in total. The Kier molecular flexibility index (Phi) is 2.71. The van der Waals surface area contributed by atoms with Gasteiger partial charge in [-0.1, -0.05) is 0 Å². The minimum atomic E-state index is 0.586. The second-order valence-electron chi connectivity index (χ2n) is 5.52. The summed E-state index contributed by atoms with van der Waals surface area (Å²) in [5, 5.41) is 0. The minimum Gasteiger partial charge on any atom is -0.381 e. The molecule has 86 valence electrons. The number of piperidine rings is 1. The normalized spacial score (nSPS) is 35.6. The van der Waals surface area contributed by atoms with E-state index in [0.717, 1.165) is 32.3 Å². The average molecular weight is 211 g/mol. The Morgan fingerprint density at radius 1 is 1.13 bits per heavy atom. The van der Waals surface area contributed by atoms with Crippen LogP contribution in [0.5, 0.6) is 0 Å². The fraction of sp³-hybridized carbons (Fsp3) is 1.00. The maximum atomic E-state index is 5.43. The molecular weight excluding hydrogens is 190 g/mol. The number of ether oxygens (including phenoxy) is 2. The maximum absolute atomic E-state index is 5.43. The molecule has 3 heteroatoms. The van der Waals surface area contributed by atoms with E-state index >= 15 is 0 Å². The number of hydrogen-bond acceptors (Lipinski definition) is 3. The van der Waals surface area contributed by atoms with Gasteiger partial charge in [0, 0.05) is 18.6 Å². The van der Waals surface area contributed by atoms with Crippen molar-refractivity contribution >= 4 is 0 Å². The second-order valence-corrected chi connectivity index (χ2v) is 5.52. The van der Waals surface area contributed by atoms with Crippen molar-refractivity contribution in [1.82, 2.24) is 4.90 Å². The molecule has 15 heavy (non-hydrogen) atoms. The lowest BCUT2D eigenvalue weighted by molar-refractivity contribution is -0.140. The van der Waals surface area contributed by atoms with Crippen molar-refractivity contribution < 1.29 is 9.47 Å². The monoisotopic (exact) mass is 211 g/mol. The predicted molar refractivity (Wildman–Crippen MR) is 57.9 cm³/mol. The predicted octanol–water partition coefficient (Wildman–Crippen LogP) is 1.14. The highest BCUT2D eigenvalue weighted by atomic mass is 16.5. The van der Waals surface area contributed by atoms with Crippen LogP contribution in [-0.2, 0) is 9.47 Å². The highest BCUT2D eigenvalue weighted by Gasteiger charge is 2.41. The van der Waals surface area contributed by atoms with E-state index in [1.807, 2.05) is 0 Å². The summed E-state index contributed by atoms with van der Waals surface area (Å²) in [4.78, 5) is 2.63. The Morgan fingerprint density at radius 2 is 1.93 bits per heavy atom. The van der Waals surface area contributed by atoms with Gasteiger partial charge in [0.05, 0.1) is 19.8 Å². The molecule has 1 atom stereocenters. The van der Waals surface area contributed by atoms with E-state index in [9.17, 15) is 0 Å². The molecule has 0 saturated carbocycles. The standard InChI is InChI=1S/C12H21NO2/c1-6-14-8-11(1)7-13-4-2-12(3-5-13)9-15-10-12/h11H,1-10H2. The van der Waals surface area contributed by atoms with Crippen LogP contribution in [0.2, 0.25) is 0 Å². The Bertz CT molecular complexity index is 212. The third-order valence-electron chi connectivity index (χ3n) is 4.27. The van der Waals surface area contributed by atoms with E-state index in [-0.39, 0.29) is 0 Å². The summed E-state index contributed by atoms with van der Waals surface area (Å²) in [5.41, 5.74) is 0.586. The highest BCUT2D eigenvalue weighted by molar-refractivity contribution is 4.91. The summed E-state index contributed by atoms with van der Waals surface area (Å²) in [7, 11) is 0. The molecule has 3 heterocycles. The van der Waals surface area contributed by atoms with Crippen LogP contribution in [0.3, 0.4) is 0 Å². The molecule has 3 aliphatic rings. The maximum Gasteiger partial charge on any atom is 0.0545 e. The lowest BCUT2D eigenvalue weighted by Crippen LogP contribution is -2.51. The zero-order chi connectivity index (χ0) is 10.1. The zero-order valence-electron chi connectivity index (χ0n) is 9.41. The van der Waals surface area contributed by atoms with Crippen LogP contribution in [0.4, 0.5) is 0 Å². The van der Waals surface area contributed by atoms with Gasteiger partial charge in [0.25, 0.3) is 0 Å². The van der Waals surface area contributed by atoms with E-state index in [4.69, 9.17) is 9.47 Å². The van der Waals surface area contributed by atoms with E-state index in [2.05, 4.69) is 4.90 Å². The molecule has 0 aromatic rings. The van der Waals surface area contributed by atoms with Crippen LogP contribution < -0.4 is 0 Å². The van der Waals surface area contributed by atoms with Gasteiger partial charge >= 0.3 is 0 Å². The molecule has 0 bridgehead atoms. The summed E-state index contributed by atoms with van der Waals surface area (Å²) in [6.45, 7) is 7.83. The first kappa shape index (κ1) is 10.1. The summed E-state index contributed by atoms with van der Waals surface area (Å²) in [6.07, 6.45) is 3.96. The summed E-state index contributed by atoms with van der Waals surface area (Å²) < 4.78 is 10.8. The van der Waals surface area contributed by atoms with Gasteiger partial charge in [-0.25, -0.2) is 0 Å². The topological polar surface area (TPSA) is 21.7 Å². The third kappa shape index (κ3) is 2.05. The molecule has 3 aliphatic heterocycles. The summed E-state index contributed by atoms with van der Waals surface area (Å²) in [6, 6.07) is 0. The summed E-state index contributed by atoms with van der Waals surface area (Å²) in [5.74, 6) is 0.802. The van der Waals surface area contributed by atoms with E-state index in [1.165, 1.54) is 38.9 Å². The molecule has 1 spiro atoms. The molecule has 3 nitrogen and oxygen atoms in total. The lowest BCUT2D eigenvalue weighted by Gasteiger charge is -2.47. The smallest absolute Gasteiger partial charge is 0.0545 e. The quantitative estimate of drug-likeness (QED) is 0.683. The van der Waals surface area contributed by atoms with Crippen molar-refractivity contribution in [3.05, 3.63) is 0 Å². The van der Waals surface area contributed by atoms with E-state index in [1.54, 1.807) is 0 Å². The molecule has 3 saturated heterocycles.